The van der Waals surface area contributed by atoms with Gasteiger partial charge >= 0.3 is 0 Å². The van der Waals surface area contributed by atoms with Crippen molar-refractivity contribution in [2.45, 2.75) is 39.7 Å². The lowest BCUT2D eigenvalue weighted by atomic mass is 10.2. The first-order valence-corrected chi connectivity index (χ1v) is 6.48. The number of guanidine groups is 1. The van der Waals surface area contributed by atoms with E-state index in [4.69, 9.17) is 5.73 Å². The molecule has 16 heavy (non-hydrogen) atoms. The van der Waals surface area contributed by atoms with Crippen LogP contribution < -0.4 is 5.73 Å². The summed E-state index contributed by atoms with van der Waals surface area (Å²) in [7, 11) is 0. The molecule has 0 aromatic rings. The van der Waals surface area contributed by atoms with E-state index < -0.39 is 0 Å². The zero-order valence-corrected chi connectivity index (χ0v) is 10.9. The maximum Gasteiger partial charge on any atom is 0.191 e. The fourth-order valence-electron chi connectivity index (χ4n) is 1.98. The normalized spacial score (nSPS) is 21.2. The number of hydrogen-bond donors (Lipinski definition) is 1. The summed E-state index contributed by atoms with van der Waals surface area (Å²) in [6, 6.07) is 0.691. The fraction of sp³-hybridized carbons (Fsp3) is 0.917. The first-order valence-electron chi connectivity index (χ1n) is 6.48. The van der Waals surface area contributed by atoms with Gasteiger partial charge in [0.2, 0.25) is 0 Å². The van der Waals surface area contributed by atoms with Gasteiger partial charge in [0.25, 0.3) is 0 Å². The van der Waals surface area contributed by atoms with Gasteiger partial charge in [-0.1, -0.05) is 13.8 Å². The molecule has 4 nitrogen and oxygen atoms in total. The van der Waals surface area contributed by atoms with E-state index >= 15 is 0 Å². The van der Waals surface area contributed by atoms with Crippen molar-refractivity contribution >= 4 is 5.96 Å². The van der Waals surface area contributed by atoms with Crippen LogP contribution in [0.25, 0.3) is 0 Å². The monoisotopic (exact) mass is 226 g/mol. The minimum Gasteiger partial charge on any atom is -0.370 e. The molecule has 0 aromatic carbocycles. The Labute approximate surface area is 99.5 Å². The molecule has 0 aliphatic carbocycles. The zero-order chi connectivity index (χ0) is 12.0. The van der Waals surface area contributed by atoms with Crippen molar-refractivity contribution in [1.82, 2.24) is 9.80 Å². The number of hydrogen-bond acceptors (Lipinski definition) is 2. The van der Waals surface area contributed by atoms with Crippen LogP contribution in [-0.2, 0) is 0 Å². The lowest BCUT2D eigenvalue weighted by Gasteiger charge is -2.38. The minimum atomic E-state index is 0.691. The second-order valence-electron chi connectivity index (χ2n) is 4.52. The van der Waals surface area contributed by atoms with E-state index in [9.17, 15) is 0 Å². The van der Waals surface area contributed by atoms with Gasteiger partial charge in [-0.25, -0.2) is 0 Å². The highest BCUT2D eigenvalue weighted by Gasteiger charge is 2.20. The molecular formula is C12H26N4. The third-order valence-electron chi connectivity index (χ3n) is 3.35. The Morgan fingerprint density at radius 3 is 2.38 bits per heavy atom. The Morgan fingerprint density at radius 2 is 1.88 bits per heavy atom. The predicted octanol–water partition coefficient (Wildman–Crippen LogP) is 1.13. The molecule has 2 N–H and O–H groups in total. The van der Waals surface area contributed by atoms with Crippen LogP contribution in [0.3, 0.4) is 0 Å². The number of piperazine rings is 1. The third-order valence-corrected chi connectivity index (χ3v) is 3.35. The van der Waals surface area contributed by atoms with Crippen LogP contribution in [0, 0.1) is 0 Å². The highest BCUT2D eigenvalue weighted by Crippen LogP contribution is 2.08. The van der Waals surface area contributed by atoms with E-state index in [0.29, 0.717) is 6.04 Å². The number of nitrogens with two attached hydrogens (primary N) is 1. The summed E-state index contributed by atoms with van der Waals surface area (Å²) < 4.78 is 0. The Hall–Kier alpha value is -0.770. The molecule has 0 spiro atoms. The van der Waals surface area contributed by atoms with Crippen molar-refractivity contribution in [2.75, 3.05) is 32.7 Å². The molecule has 1 aliphatic rings. The summed E-state index contributed by atoms with van der Waals surface area (Å²) in [5.74, 6) is 0.727. The zero-order valence-electron chi connectivity index (χ0n) is 10.9. The van der Waals surface area contributed by atoms with E-state index in [0.717, 1.165) is 45.1 Å². The number of nitrogens with zero attached hydrogens (tertiary/aromatic N) is 3. The molecule has 1 fully saturated rings. The Kier molecular flexibility index (Phi) is 5.60. The molecule has 0 radical (unpaired) electrons. The molecule has 4 heteroatoms. The Bertz CT molecular complexity index is 219. The smallest absolute Gasteiger partial charge is 0.191 e. The first-order chi connectivity index (χ1) is 7.69. The van der Waals surface area contributed by atoms with E-state index in [1.807, 2.05) is 0 Å². The molecule has 0 amide bonds. The predicted molar refractivity (Wildman–Crippen MR) is 69.7 cm³/mol. The summed E-state index contributed by atoms with van der Waals surface area (Å²) in [6.07, 6.45) is 2.28. The Morgan fingerprint density at radius 1 is 1.25 bits per heavy atom. The van der Waals surface area contributed by atoms with Crippen molar-refractivity contribution in [2.24, 2.45) is 10.7 Å². The second kappa shape index (κ2) is 6.74. The molecule has 1 unspecified atom stereocenters. The Balaban J connectivity index is 2.36. The average Bonchev–Trinajstić information content (AvgIpc) is 2.35. The van der Waals surface area contributed by atoms with Gasteiger partial charge in [-0.15, -0.1) is 0 Å². The second-order valence-corrected chi connectivity index (χ2v) is 4.52. The van der Waals surface area contributed by atoms with Crippen LogP contribution in [0.4, 0.5) is 0 Å². The van der Waals surface area contributed by atoms with Gasteiger partial charge in [0.05, 0.1) is 0 Å². The van der Waals surface area contributed by atoms with Gasteiger partial charge in [-0.05, 0) is 19.8 Å². The van der Waals surface area contributed by atoms with E-state index in [1.165, 1.54) is 6.42 Å². The summed E-state index contributed by atoms with van der Waals surface area (Å²) in [5, 5.41) is 0. The molecular weight excluding hydrogens is 200 g/mol. The highest BCUT2D eigenvalue weighted by atomic mass is 15.3. The van der Waals surface area contributed by atoms with E-state index in [-0.39, 0.29) is 0 Å². The minimum absolute atomic E-state index is 0.691. The maximum atomic E-state index is 5.95. The van der Waals surface area contributed by atoms with Gasteiger partial charge in [-0.2, -0.15) is 0 Å². The van der Waals surface area contributed by atoms with Gasteiger partial charge in [0.1, 0.15) is 0 Å². The third kappa shape index (κ3) is 3.67. The highest BCUT2D eigenvalue weighted by molar-refractivity contribution is 5.78. The summed E-state index contributed by atoms with van der Waals surface area (Å²) in [5.41, 5.74) is 5.95. The molecule has 0 aromatic heterocycles. The van der Waals surface area contributed by atoms with Crippen LogP contribution in [0.5, 0.6) is 0 Å². The molecule has 1 aliphatic heterocycles. The van der Waals surface area contributed by atoms with Crippen LogP contribution in [0.1, 0.15) is 33.6 Å². The standard InChI is InChI=1S/C12H26N4/c1-4-6-14-12(13)16-9-7-15(8-10-16)11(3)5-2/h11H,4-10H2,1-3H3,(H2,13,14). The number of rotatable bonds is 4. The van der Waals surface area contributed by atoms with E-state index in [2.05, 4.69) is 35.6 Å². The summed E-state index contributed by atoms with van der Waals surface area (Å²) in [4.78, 5) is 9.09. The van der Waals surface area contributed by atoms with Crippen molar-refractivity contribution in [3.8, 4) is 0 Å². The van der Waals surface area contributed by atoms with Gasteiger partial charge in [0.15, 0.2) is 5.96 Å². The van der Waals surface area contributed by atoms with Crippen LogP contribution >= 0.6 is 0 Å². The average molecular weight is 226 g/mol. The molecule has 1 rings (SSSR count). The SMILES string of the molecule is CCCN=C(N)N1CCN(C(C)CC)CC1. The quantitative estimate of drug-likeness (QED) is 0.577. The van der Waals surface area contributed by atoms with Crippen molar-refractivity contribution in [3.05, 3.63) is 0 Å². The molecule has 0 saturated carbocycles. The first kappa shape index (κ1) is 13.3. The van der Waals surface area contributed by atoms with Gasteiger partial charge in [0, 0.05) is 38.8 Å². The van der Waals surface area contributed by atoms with Crippen molar-refractivity contribution in [1.29, 1.82) is 0 Å². The molecule has 94 valence electrons. The molecule has 1 heterocycles. The largest absolute Gasteiger partial charge is 0.370 e. The van der Waals surface area contributed by atoms with Crippen LogP contribution in [-0.4, -0.2) is 54.5 Å². The summed E-state index contributed by atoms with van der Waals surface area (Å²) >= 11 is 0. The maximum absolute atomic E-state index is 5.95. The topological polar surface area (TPSA) is 44.9 Å². The van der Waals surface area contributed by atoms with Crippen LogP contribution in [0.15, 0.2) is 4.99 Å². The number of aliphatic imine (C=N–C) groups is 1. The van der Waals surface area contributed by atoms with Gasteiger partial charge in [-0.3, -0.25) is 9.89 Å². The molecule has 0 bridgehead atoms. The van der Waals surface area contributed by atoms with Crippen molar-refractivity contribution in [3.63, 3.8) is 0 Å². The lowest BCUT2D eigenvalue weighted by molar-refractivity contribution is 0.137. The van der Waals surface area contributed by atoms with E-state index in [1.54, 1.807) is 0 Å². The molecule has 1 saturated heterocycles. The summed E-state index contributed by atoms with van der Waals surface area (Å²) in [6.45, 7) is 11.8. The fourth-order valence-corrected chi connectivity index (χ4v) is 1.98. The van der Waals surface area contributed by atoms with Crippen molar-refractivity contribution < 1.29 is 0 Å². The van der Waals surface area contributed by atoms with Crippen LogP contribution in [0.2, 0.25) is 0 Å². The van der Waals surface area contributed by atoms with Gasteiger partial charge < -0.3 is 10.6 Å². The lowest BCUT2D eigenvalue weighted by Crippen LogP contribution is -2.53. The molecule has 1 atom stereocenters.